The summed E-state index contributed by atoms with van der Waals surface area (Å²) in [5.74, 6) is -0.0176. The molecule has 0 spiro atoms. The van der Waals surface area contributed by atoms with E-state index in [0.717, 1.165) is 15.3 Å². The molecule has 2 rings (SSSR count). The van der Waals surface area contributed by atoms with Crippen molar-refractivity contribution in [3.63, 3.8) is 0 Å². The Morgan fingerprint density at radius 3 is 2.53 bits per heavy atom. The standard InChI is InChI=1S/C15H17NO2S/c1-12-7-8-14(19-12)15(18)16(9-10-17)11-13-5-3-2-4-6-13/h2-8,17H,9-11H2,1H3. The van der Waals surface area contributed by atoms with Crippen molar-refractivity contribution in [3.05, 3.63) is 57.8 Å². The van der Waals surface area contributed by atoms with E-state index in [1.54, 1.807) is 4.90 Å². The van der Waals surface area contributed by atoms with Gasteiger partial charge in [-0.25, -0.2) is 0 Å². The van der Waals surface area contributed by atoms with Gasteiger partial charge in [-0.15, -0.1) is 11.3 Å². The summed E-state index contributed by atoms with van der Waals surface area (Å²) in [6.45, 7) is 2.83. The van der Waals surface area contributed by atoms with E-state index in [1.807, 2.05) is 49.4 Å². The van der Waals surface area contributed by atoms with E-state index in [-0.39, 0.29) is 12.5 Å². The van der Waals surface area contributed by atoms with Crippen LogP contribution in [-0.2, 0) is 6.54 Å². The van der Waals surface area contributed by atoms with E-state index < -0.39 is 0 Å². The fourth-order valence-electron chi connectivity index (χ4n) is 1.88. The molecule has 0 unspecified atom stereocenters. The van der Waals surface area contributed by atoms with Crippen molar-refractivity contribution in [1.82, 2.24) is 4.90 Å². The van der Waals surface area contributed by atoms with E-state index in [9.17, 15) is 4.79 Å². The van der Waals surface area contributed by atoms with Gasteiger partial charge < -0.3 is 10.0 Å². The number of amides is 1. The minimum absolute atomic E-state index is 0.0176. The summed E-state index contributed by atoms with van der Waals surface area (Å²) in [6, 6.07) is 13.6. The molecule has 0 aliphatic rings. The van der Waals surface area contributed by atoms with Gasteiger partial charge in [0.15, 0.2) is 0 Å². The molecule has 4 heteroatoms. The van der Waals surface area contributed by atoms with E-state index in [1.165, 1.54) is 11.3 Å². The summed E-state index contributed by atoms with van der Waals surface area (Å²) in [4.78, 5) is 15.9. The second-order valence-electron chi connectivity index (χ2n) is 4.35. The first-order valence-electron chi connectivity index (χ1n) is 6.21. The number of aryl methyl sites for hydroxylation is 1. The Labute approximate surface area is 117 Å². The lowest BCUT2D eigenvalue weighted by Crippen LogP contribution is -2.32. The molecule has 100 valence electrons. The summed E-state index contributed by atoms with van der Waals surface area (Å²) >= 11 is 1.49. The Kier molecular flexibility index (Phi) is 4.71. The van der Waals surface area contributed by atoms with Gasteiger partial charge in [0.2, 0.25) is 0 Å². The van der Waals surface area contributed by atoms with Crippen LogP contribution in [0.3, 0.4) is 0 Å². The number of carbonyl (C=O) groups is 1. The molecule has 1 aromatic heterocycles. The molecule has 1 N–H and O–H groups in total. The second kappa shape index (κ2) is 6.50. The van der Waals surface area contributed by atoms with Gasteiger partial charge in [0.1, 0.15) is 0 Å². The number of carbonyl (C=O) groups excluding carboxylic acids is 1. The van der Waals surface area contributed by atoms with Gasteiger partial charge in [-0.05, 0) is 24.6 Å². The number of rotatable bonds is 5. The molecule has 0 atom stereocenters. The maximum Gasteiger partial charge on any atom is 0.264 e. The number of hydrogen-bond acceptors (Lipinski definition) is 3. The van der Waals surface area contributed by atoms with Crippen LogP contribution in [0.1, 0.15) is 20.1 Å². The van der Waals surface area contributed by atoms with Crippen molar-refractivity contribution in [3.8, 4) is 0 Å². The Balaban J connectivity index is 2.13. The van der Waals surface area contributed by atoms with E-state index in [2.05, 4.69) is 0 Å². The number of aliphatic hydroxyl groups is 1. The molecular formula is C15H17NO2S. The van der Waals surface area contributed by atoms with E-state index >= 15 is 0 Å². The minimum atomic E-state index is -0.0249. The van der Waals surface area contributed by atoms with Gasteiger partial charge in [0.25, 0.3) is 5.91 Å². The van der Waals surface area contributed by atoms with Crippen LogP contribution < -0.4 is 0 Å². The fourth-order valence-corrected chi connectivity index (χ4v) is 2.72. The van der Waals surface area contributed by atoms with E-state index in [0.29, 0.717) is 13.1 Å². The summed E-state index contributed by atoms with van der Waals surface area (Å²) < 4.78 is 0. The molecule has 1 heterocycles. The Bertz CT molecular complexity index is 536. The number of nitrogens with zero attached hydrogens (tertiary/aromatic N) is 1. The molecule has 0 saturated heterocycles. The van der Waals surface area contributed by atoms with Crippen molar-refractivity contribution >= 4 is 17.2 Å². The maximum absolute atomic E-state index is 12.4. The quantitative estimate of drug-likeness (QED) is 0.911. The molecule has 0 radical (unpaired) electrons. The first-order chi connectivity index (χ1) is 9.20. The molecule has 19 heavy (non-hydrogen) atoms. The van der Waals surface area contributed by atoms with Crippen molar-refractivity contribution in [2.24, 2.45) is 0 Å². The maximum atomic E-state index is 12.4. The number of thiophene rings is 1. The molecule has 0 aliphatic heterocycles. The fraction of sp³-hybridized carbons (Fsp3) is 0.267. The summed E-state index contributed by atoms with van der Waals surface area (Å²) in [5, 5.41) is 9.13. The third-order valence-electron chi connectivity index (χ3n) is 2.82. The molecule has 0 aliphatic carbocycles. The predicted octanol–water partition coefficient (Wildman–Crippen LogP) is 2.69. The lowest BCUT2D eigenvalue weighted by atomic mass is 10.2. The lowest BCUT2D eigenvalue weighted by molar-refractivity contribution is 0.0712. The molecule has 1 amide bonds. The zero-order valence-corrected chi connectivity index (χ0v) is 11.7. The Hall–Kier alpha value is -1.65. The summed E-state index contributed by atoms with van der Waals surface area (Å²) in [5.41, 5.74) is 1.07. The van der Waals surface area contributed by atoms with E-state index in [4.69, 9.17) is 5.11 Å². The van der Waals surface area contributed by atoms with Gasteiger partial charge >= 0.3 is 0 Å². The second-order valence-corrected chi connectivity index (χ2v) is 5.63. The Morgan fingerprint density at radius 1 is 1.21 bits per heavy atom. The summed E-state index contributed by atoms with van der Waals surface area (Å²) in [7, 11) is 0. The Morgan fingerprint density at radius 2 is 1.95 bits per heavy atom. The topological polar surface area (TPSA) is 40.5 Å². The summed E-state index contributed by atoms with van der Waals surface area (Å²) in [6.07, 6.45) is 0. The largest absolute Gasteiger partial charge is 0.395 e. The van der Waals surface area contributed by atoms with Gasteiger partial charge in [-0.3, -0.25) is 4.79 Å². The average molecular weight is 275 g/mol. The van der Waals surface area contributed by atoms with Crippen molar-refractivity contribution in [2.45, 2.75) is 13.5 Å². The minimum Gasteiger partial charge on any atom is -0.395 e. The number of hydrogen-bond donors (Lipinski definition) is 1. The van der Waals surface area contributed by atoms with Crippen LogP contribution in [0.15, 0.2) is 42.5 Å². The zero-order chi connectivity index (χ0) is 13.7. The molecule has 3 nitrogen and oxygen atoms in total. The molecule has 1 aromatic carbocycles. The van der Waals surface area contributed by atoms with Crippen LogP contribution in [-0.4, -0.2) is 29.1 Å². The smallest absolute Gasteiger partial charge is 0.264 e. The van der Waals surface area contributed by atoms with Crippen molar-refractivity contribution in [1.29, 1.82) is 0 Å². The van der Waals surface area contributed by atoms with Crippen LogP contribution in [0.25, 0.3) is 0 Å². The zero-order valence-electron chi connectivity index (χ0n) is 10.9. The monoisotopic (exact) mass is 275 g/mol. The highest BCUT2D eigenvalue weighted by Crippen LogP contribution is 2.18. The lowest BCUT2D eigenvalue weighted by Gasteiger charge is -2.21. The van der Waals surface area contributed by atoms with Crippen LogP contribution in [0.2, 0.25) is 0 Å². The van der Waals surface area contributed by atoms with Crippen LogP contribution in [0.5, 0.6) is 0 Å². The predicted molar refractivity (Wildman–Crippen MR) is 77.3 cm³/mol. The van der Waals surface area contributed by atoms with Crippen LogP contribution in [0.4, 0.5) is 0 Å². The number of aliphatic hydroxyl groups excluding tert-OH is 1. The first-order valence-corrected chi connectivity index (χ1v) is 7.03. The van der Waals surface area contributed by atoms with Gasteiger partial charge in [0, 0.05) is 18.0 Å². The van der Waals surface area contributed by atoms with Crippen molar-refractivity contribution < 1.29 is 9.90 Å². The first kappa shape index (κ1) is 13.8. The highest BCUT2D eigenvalue weighted by atomic mass is 32.1. The SMILES string of the molecule is Cc1ccc(C(=O)N(CCO)Cc2ccccc2)s1. The third kappa shape index (κ3) is 3.66. The highest BCUT2D eigenvalue weighted by molar-refractivity contribution is 7.13. The van der Waals surface area contributed by atoms with Crippen LogP contribution >= 0.6 is 11.3 Å². The highest BCUT2D eigenvalue weighted by Gasteiger charge is 2.17. The molecule has 2 aromatic rings. The number of benzene rings is 1. The third-order valence-corrected chi connectivity index (χ3v) is 3.81. The van der Waals surface area contributed by atoms with Crippen molar-refractivity contribution in [2.75, 3.05) is 13.2 Å². The van der Waals surface area contributed by atoms with Crippen LogP contribution in [0, 0.1) is 6.92 Å². The van der Waals surface area contributed by atoms with Gasteiger partial charge in [-0.1, -0.05) is 30.3 Å². The van der Waals surface area contributed by atoms with Gasteiger partial charge in [0.05, 0.1) is 11.5 Å². The van der Waals surface area contributed by atoms with Gasteiger partial charge in [-0.2, -0.15) is 0 Å². The molecular weight excluding hydrogens is 258 g/mol. The normalized spacial score (nSPS) is 10.4. The molecule has 0 fully saturated rings. The molecule has 0 saturated carbocycles. The molecule has 0 bridgehead atoms. The average Bonchev–Trinajstić information content (AvgIpc) is 2.85.